The molecule has 0 aromatic rings. The summed E-state index contributed by atoms with van der Waals surface area (Å²) >= 11 is 0. The van der Waals surface area contributed by atoms with Gasteiger partial charge in [-0.05, 0) is 12.8 Å². The quantitative estimate of drug-likeness (QED) is 0.491. The maximum atomic E-state index is 5.71. The molecule has 2 saturated heterocycles. The average molecular weight is 154 g/mol. The van der Waals surface area contributed by atoms with Crippen LogP contribution in [0.25, 0.3) is 0 Å². The lowest BCUT2D eigenvalue weighted by Gasteiger charge is -2.32. The molecule has 0 spiro atoms. The molecule has 1 saturated carbocycles. The highest BCUT2D eigenvalue weighted by Crippen LogP contribution is 2.43. The van der Waals surface area contributed by atoms with Crippen LogP contribution in [0.4, 0.5) is 0 Å². The molecule has 0 N–H and O–H groups in total. The Morgan fingerprint density at radius 2 is 1.91 bits per heavy atom. The molecule has 2 heteroatoms. The molecule has 0 bridgehead atoms. The van der Waals surface area contributed by atoms with Crippen molar-refractivity contribution >= 4 is 0 Å². The lowest BCUT2D eigenvalue weighted by atomic mass is 9.82. The second-order valence-electron chi connectivity index (χ2n) is 3.96. The van der Waals surface area contributed by atoms with E-state index in [1.807, 2.05) is 0 Å². The summed E-state index contributed by atoms with van der Waals surface area (Å²) < 4.78 is 11.2. The van der Waals surface area contributed by atoms with Gasteiger partial charge in [0, 0.05) is 5.92 Å². The van der Waals surface area contributed by atoms with Gasteiger partial charge in [-0.2, -0.15) is 0 Å². The molecular formula is C9H14O2. The summed E-state index contributed by atoms with van der Waals surface area (Å²) in [4.78, 5) is 0. The summed E-state index contributed by atoms with van der Waals surface area (Å²) in [5.41, 5.74) is 0. The zero-order valence-electron chi connectivity index (χ0n) is 6.66. The molecule has 62 valence electrons. The summed E-state index contributed by atoms with van der Waals surface area (Å²) in [6.45, 7) is 0.867. The van der Waals surface area contributed by atoms with Crippen molar-refractivity contribution in [2.75, 3.05) is 6.61 Å². The number of epoxide rings is 1. The Morgan fingerprint density at radius 3 is 2.91 bits per heavy atom. The van der Waals surface area contributed by atoms with Gasteiger partial charge >= 0.3 is 0 Å². The first kappa shape index (κ1) is 6.44. The first-order valence-electron chi connectivity index (χ1n) is 4.72. The van der Waals surface area contributed by atoms with Gasteiger partial charge in [-0.3, -0.25) is 0 Å². The fourth-order valence-corrected chi connectivity index (χ4v) is 2.59. The number of rotatable bonds is 0. The first-order valence-corrected chi connectivity index (χ1v) is 4.72. The van der Waals surface area contributed by atoms with Crippen molar-refractivity contribution < 1.29 is 9.47 Å². The largest absolute Gasteiger partial charge is 0.375 e. The van der Waals surface area contributed by atoms with E-state index in [4.69, 9.17) is 9.47 Å². The normalized spacial score (nSPS) is 54.5. The van der Waals surface area contributed by atoms with Crippen LogP contribution in [-0.2, 0) is 9.47 Å². The Morgan fingerprint density at radius 1 is 1.00 bits per heavy atom. The van der Waals surface area contributed by atoms with E-state index in [1.165, 1.54) is 25.7 Å². The van der Waals surface area contributed by atoms with E-state index in [1.54, 1.807) is 0 Å². The maximum Gasteiger partial charge on any atom is 0.108 e. The molecule has 3 aliphatic rings. The van der Waals surface area contributed by atoms with Crippen molar-refractivity contribution in [1.82, 2.24) is 0 Å². The van der Waals surface area contributed by atoms with E-state index in [2.05, 4.69) is 0 Å². The van der Waals surface area contributed by atoms with E-state index in [0.717, 1.165) is 12.5 Å². The van der Waals surface area contributed by atoms with Crippen LogP contribution in [0.15, 0.2) is 0 Å². The zero-order chi connectivity index (χ0) is 7.26. The summed E-state index contributed by atoms with van der Waals surface area (Å²) in [6, 6.07) is 0. The van der Waals surface area contributed by atoms with Gasteiger partial charge in [-0.1, -0.05) is 12.8 Å². The van der Waals surface area contributed by atoms with Gasteiger partial charge in [0.2, 0.25) is 0 Å². The second-order valence-corrected chi connectivity index (χ2v) is 3.96. The molecule has 3 fully saturated rings. The average Bonchev–Trinajstić information content (AvgIpc) is 2.83. The van der Waals surface area contributed by atoms with Gasteiger partial charge in [0.15, 0.2) is 0 Å². The third-order valence-electron chi connectivity index (χ3n) is 3.27. The maximum absolute atomic E-state index is 5.71. The fraction of sp³-hybridized carbons (Fsp3) is 1.00. The molecule has 0 unspecified atom stereocenters. The van der Waals surface area contributed by atoms with Crippen molar-refractivity contribution in [3.05, 3.63) is 0 Å². The molecular weight excluding hydrogens is 140 g/mol. The van der Waals surface area contributed by atoms with Gasteiger partial charge < -0.3 is 9.47 Å². The number of fused-ring (bicyclic) bond motifs is 3. The van der Waals surface area contributed by atoms with Crippen LogP contribution in [0, 0.1) is 5.92 Å². The SMILES string of the molecule is C1CC[C@H]2OC[C@@H]3O[C@@H]3[C@@H]2C1. The van der Waals surface area contributed by atoms with E-state index < -0.39 is 0 Å². The van der Waals surface area contributed by atoms with Crippen LogP contribution in [0.5, 0.6) is 0 Å². The molecule has 2 nitrogen and oxygen atoms in total. The molecule has 4 atom stereocenters. The molecule has 0 amide bonds. The first-order chi connectivity index (χ1) is 5.45. The number of ether oxygens (including phenoxy) is 2. The van der Waals surface area contributed by atoms with Gasteiger partial charge in [-0.15, -0.1) is 0 Å². The van der Waals surface area contributed by atoms with Crippen LogP contribution in [0.2, 0.25) is 0 Å². The lowest BCUT2D eigenvalue weighted by molar-refractivity contribution is -0.0305. The van der Waals surface area contributed by atoms with E-state index in [0.29, 0.717) is 18.3 Å². The summed E-state index contributed by atoms with van der Waals surface area (Å²) in [7, 11) is 0. The van der Waals surface area contributed by atoms with Crippen molar-refractivity contribution in [1.29, 1.82) is 0 Å². The minimum Gasteiger partial charge on any atom is -0.375 e. The molecule has 0 aromatic heterocycles. The fourth-order valence-electron chi connectivity index (χ4n) is 2.59. The second kappa shape index (κ2) is 2.20. The van der Waals surface area contributed by atoms with Gasteiger partial charge in [0.25, 0.3) is 0 Å². The topological polar surface area (TPSA) is 21.8 Å². The highest BCUT2D eigenvalue weighted by Gasteiger charge is 2.52. The Balaban J connectivity index is 1.76. The van der Waals surface area contributed by atoms with Crippen LogP contribution in [0.1, 0.15) is 25.7 Å². The molecule has 2 aliphatic heterocycles. The van der Waals surface area contributed by atoms with Crippen molar-refractivity contribution in [3.63, 3.8) is 0 Å². The zero-order valence-corrected chi connectivity index (χ0v) is 6.66. The Kier molecular flexibility index (Phi) is 1.29. The van der Waals surface area contributed by atoms with Crippen LogP contribution in [-0.4, -0.2) is 24.9 Å². The Bertz CT molecular complexity index is 169. The third kappa shape index (κ3) is 0.926. The minimum absolute atomic E-state index is 0.481. The van der Waals surface area contributed by atoms with Crippen molar-refractivity contribution in [2.45, 2.75) is 44.0 Å². The number of hydrogen-bond acceptors (Lipinski definition) is 2. The van der Waals surface area contributed by atoms with Gasteiger partial charge in [-0.25, -0.2) is 0 Å². The molecule has 3 rings (SSSR count). The summed E-state index contributed by atoms with van der Waals surface area (Å²) in [6.07, 6.45) is 6.98. The smallest absolute Gasteiger partial charge is 0.108 e. The minimum atomic E-state index is 0.481. The molecule has 11 heavy (non-hydrogen) atoms. The Labute approximate surface area is 66.9 Å². The highest BCUT2D eigenvalue weighted by molar-refractivity contribution is 4.98. The Hall–Kier alpha value is -0.0800. The van der Waals surface area contributed by atoms with Crippen molar-refractivity contribution in [2.24, 2.45) is 5.92 Å². The molecule has 0 aromatic carbocycles. The van der Waals surface area contributed by atoms with Gasteiger partial charge in [0.05, 0.1) is 18.8 Å². The van der Waals surface area contributed by atoms with E-state index >= 15 is 0 Å². The lowest BCUT2D eigenvalue weighted by Crippen LogP contribution is -2.37. The standard InChI is InChI=1S/C9H14O2/c1-2-4-7-6(3-1)9-8(11-9)5-10-7/h6-9H,1-5H2/t6-,7-,8+,9-/m1/s1. The summed E-state index contributed by atoms with van der Waals surface area (Å²) in [5, 5.41) is 0. The molecule has 1 aliphatic carbocycles. The highest BCUT2D eigenvalue weighted by atomic mass is 16.6. The summed E-state index contributed by atoms with van der Waals surface area (Å²) in [5.74, 6) is 0.752. The monoisotopic (exact) mass is 154 g/mol. The van der Waals surface area contributed by atoms with Crippen LogP contribution >= 0.6 is 0 Å². The van der Waals surface area contributed by atoms with Crippen molar-refractivity contribution in [3.8, 4) is 0 Å². The van der Waals surface area contributed by atoms with Gasteiger partial charge in [0.1, 0.15) is 6.10 Å². The predicted octanol–water partition coefficient (Wildman–Crippen LogP) is 1.34. The van der Waals surface area contributed by atoms with E-state index in [-0.39, 0.29) is 0 Å². The van der Waals surface area contributed by atoms with E-state index in [9.17, 15) is 0 Å². The van der Waals surface area contributed by atoms with Crippen LogP contribution in [0.3, 0.4) is 0 Å². The molecule has 0 radical (unpaired) electrons. The predicted molar refractivity (Wildman–Crippen MR) is 40.4 cm³/mol. The molecule has 2 heterocycles. The number of hydrogen-bond donors (Lipinski definition) is 0. The third-order valence-corrected chi connectivity index (χ3v) is 3.27. The van der Waals surface area contributed by atoms with Crippen LogP contribution < -0.4 is 0 Å².